The average molecular weight is 447 g/mol. The third-order valence-corrected chi connectivity index (χ3v) is 5.56. The van der Waals surface area contributed by atoms with E-state index in [2.05, 4.69) is 5.32 Å². The molecule has 0 atom stereocenters. The van der Waals surface area contributed by atoms with E-state index in [0.29, 0.717) is 39.9 Å². The Bertz CT molecular complexity index is 1190. The molecule has 0 unspecified atom stereocenters. The van der Waals surface area contributed by atoms with E-state index in [-0.39, 0.29) is 11.6 Å². The smallest absolute Gasteiger partial charge is 0.282 e. The summed E-state index contributed by atoms with van der Waals surface area (Å²) in [5, 5.41) is 3.71. The molecular formula is C26H23ClN2O3. The van der Waals surface area contributed by atoms with E-state index in [1.165, 1.54) is 4.90 Å². The molecule has 0 saturated heterocycles. The minimum Gasteiger partial charge on any atom is -0.494 e. The molecule has 3 aromatic carbocycles. The van der Waals surface area contributed by atoms with Crippen molar-refractivity contribution in [3.63, 3.8) is 0 Å². The zero-order chi connectivity index (χ0) is 22.7. The van der Waals surface area contributed by atoms with Gasteiger partial charge >= 0.3 is 0 Å². The van der Waals surface area contributed by atoms with Gasteiger partial charge in [0.05, 0.1) is 17.9 Å². The number of ether oxygens (including phenoxy) is 1. The zero-order valence-electron chi connectivity index (χ0n) is 17.9. The number of carbonyl (C=O) groups excluding carboxylic acids is 2. The van der Waals surface area contributed by atoms with Crippen molar-refractivity contribution < 1.29 is 14.3 Å². The third kappa shape index (κ3) is 4.25. The first-order valence-corrected chi connectivity index (χ1v) is 10.8. The number of nitrogens with one attached hydrogen (secondary N) is 1. The van der Waals surface area contributed by atoms with Gasteiger partial charge < -0.3 is 10.1 Å². The van der Waals surface area contributed by atoms with Crippen LogP contribution in [0.2, 0.25) is 5.02 Å². The Morgan fingerprint density at radius 2 is 1.66 bits per heavy atom. The minimum atomic E-state index is -0.417. The number of halogens is 1. The van der Waals surface area contributed by atoms with Crippen LogP contribution in [0.1, 0.15) is 24.5 Å². The van der Waals surface area contributed by atoms with Crippen molar-refractivity contribution in [3.05, 3.63) is 94.6 Å². The van der Waals surface area contributed by atoms with Crippen LogP contribution in [0.5, 0.6) is 5.75 Å². The van der Waals surface area contributed by atoms with Crippen molar-refractivity contribution in [1.82, 2.24) is 0 Å². The minimum absolute atomic E-state index is 0.209. The summed E-state index contributed by atoms with van der Waals surface area (Å²) in [6.45, 7) is 4.55. The second-order valence-electron chi connectivity index (χ2n) is 7.49. The quantitative estimate of drug-likeness (QED) is 0.463. The molecule has 0 bridgehead atoms. The van der Waals surface area contributed by atoms with Crippen molar-refractivity contribution in [3.8, 4) is 5.75 Å². The summed E-state index contributed by atoms with van der Waals surface area (Å²) in [6.07, 6.45) is 0.902. The van der Waals surface area contributed by atoms with Gasteiger partial charge in [0.25, 0.3) is 11.8 Å². The predicted molar refractivity (Wildman–Crippen MR) is 128 cm³/mol. The highest BCUT2D eigenvalue weighted by Gasteiger charge is 2.40. The number of amides is 2. The fraction of sp³-hybridized carbons (Fsp3) is 0.154. The summed E-state index contributed by atoms with van der Waals surface area (Å²) in [6, 6.07) is 21.5. The van der Waals surface area contributed by atoms with E-state index >= 15 is 0 Å². The second-order valence-corrected chi connectivity index (χ2v) is 7.90. The van der Waals surface area contributed by atoms with Crippen LogP contribution < -0.4 is 15.0 Å². The molecule has 5 nitrogen and oxygen atoms in total. The number of para-hydroxylation sites is 1. The van der Waals surface area contributed by atoms with Gasteiger partial charge in [-0.1, -0.05) is 54.9 Å². The molecule has 0 aliphatic carbocycles. The lowest BCUT2D eigenvalue weighted by Crippen LogP contribution is -2.32. The number of rotatable bonds is 7. The van der Waals surface area contributed by atoms with Crippen LogP contribution in [0.15, 0.2) is 78.5 Å². The number of hydrogen-bond donors (Lipinski definition) is 1. The lowest BCUT2D eigenvalue weighted by atomic mass is 10.0. The fourth-order valence-corrected chi connectivity index (χ4v) is 3.66. The Morgan fingerprint density at radius 1 is 0.938 bits per heavy atom. The molecule has 32 heavy (non-hydrogen) atoms. The molecular weight excluding hydrogens is 424 g/mol. The van der Waals surface area contributed by atoms with Gasteiger partial charge in [0.2, 0.25) is 0 Å². The van der Waals surface area contributed by atoms with Gasteiger partial charge in [0, 0.05) is 10.7 Å². The van der Waals surface area contributed by atoms with Crippen molar-refractivity contribution in [1.29, 1.82) is 0 Å². The topological polar surface area (TPSA) is 58.6 Å². The van der Waals surface area contributed by atoms with E-state index < -0.39 is 5.91 Å². The molecule has 0 radical (unpaired) electrons. The Kier molecular flexibility index (Phi) is 6.28. The maximum atomic E-state index is 13.4. The van der Waals surface area contributed by atoms with Crippen LogP contribution in [-0.2, 0) is 9.59 Å². The standard InChI is InChI=1S/C26H23ClN2O3/c1-3-15-32-21-13-10-18(11-14-21)23-24(28-19-12-9-17(2)22(27)16-19)26(31)29(25(23)30)20-7-5-4-6-8-20/h4-14,16,28H,3,15H2,1-2H3. The number of hydrogen-bond acceptors (Lipinski definition) is 4. The van der Waals surface area contributed by atoms with Gasteiger partial charge in [-0.25, -0.2) is 4.90 Å². The Hall–Kier alpha value is -3.57. The van der Waals surface area contributed by atoms with Crippen LogP contribution in [0.3, 0.4) is 0 Å². The molecule has 1 N–H and O–H groups in total. The van der Waals surface area contributed by atoms with E-state index in [4.69, 9.17) is 16.3 Å². The lowest BCUT2D eigenvalue weighted by molar-refractivity contribution is -0.120. The number of nitrogens with zero attached hydrogens (tertiary/aromatic N) is 1. The molecule has 3 aromatic rings. The maximum absolute atomic E-state index is 13.4. The summed E-state index contributed by atoms with van der Waals surface area (Å²) in [5.41, 5.74) is 3.22. The number of aryl methyl sites for hydroxylation is 1. The molecule has 4 rings (SSSR count). The van der Waals surface area contributed by atoms with Crippen LogP contribution in [0.4, 0.5) is 11.4 Å². The molecule has 0 saturated carbocycles. The fourth-order valence-electron chi connectivity index (χ4n) is 3.48. The summed E-state index contributed by atoms with van der Waals surface area (Å²) < 4.78 is 5.65. The molecule has 1 aliphatic rings. The van der Waals surface area contributed by atoms with E-state index in [9.17, 15) is 9.59 Å². The molecule has 1 aliphatic heterocycles. The molecule has 0 spiro atoms. The predicted octanol–water partition coefficient (Wildman–Crippen LogP) is 5.83. The number of anilines is 2. The third-order valence-electron chi connectivity index (χ3n) is 5.16. The van der Waals surface area contributed by atoms with Gasteiger partial charge in [-0.2, -0.15) is 0 Å². The van der Waals surface area contributed by atoms with Crippen LogP contribution in [0, 0.1) is 6.92 Å². The van der Waals surface area contributed by atoms with Gasteiger partial charge in [0.1, 0.15) is 11.4 Å². The first-order valence-electron chi connectivity index (χ1n) is 10.4. The molecule has 0 aromatic heterocycles. The van der Waals surface area contributed by atoms with Gasteiger partial charge in [-0.05, 0) is 60.9 Å². The van der Waals surface area contributed by atoms with Crippen LogP contribution >= 0.6 is 11.6 Å². The van der Waals surface area contributed by atoms with Crippen LogP contribution in [-0.4, -0.2) is 18.4 Å². The van der Waals surface area contributed by atoms with Crippen molar-refractivity contribution in [2.24, 2.45) is 0 Å². The average Bonchev–Trinajstić information content (AvgIpc) is 3.05. The monoisotopic (exact) mass is 446 g/mol. The van der Waals surface area contributed by atoms with Crippen molar-refractivity contribution in [2.45, 2.75) is 20.3 Å². The zero-order valence-corrected chi connectivity index (χ0v) is 18.6. The Morgan fingerprint density at radius 3 is 2.31 bits per heavy atom. The molecule has 162 valence electrons. The van der Waals surface area contributed by atoms with Crippen molar-refractivity contribution >= 4 is 40.4 Å². The SMILES string of the molecule is CCCOc1ccc(C2=C(Nc3ccc(C)c(Cl)c3)C(=O)N(c3ccccc3)C2=O)cc1. The highest BCUT2D eigenvalue weighted by molar-refractivity contribution is 6.46. The lowest BCUT2D eigenvalue weighted by Gasteiger charge is -2.15. The number of carbonyl (C=O) groups is 2. The van der Waals surface area contributed by atoms with Gasteiger partial charge in [0.15, 0.2) is 0 Å². The van der Waals surface area contributed by atoms with Gasteiger partial charge in [-0.3, -0.25) is 9.59 Å². The number of imide groups is 1. The van der Waals surface area contributed by atoms with Crippen molar-refractivity contribution in [2.75, 3.05) is 16.8 Å². The molecule has 0 fully saturated rings. The van der Waals surface area contributed by atoms with Gasteiger partial charge in [-0.15, -0.1) is 0 Å². The summed E-state index contributed by atoms with van der Waals surface area (Å²) in [5.74, 6) is -0.0870. The highest BCUT2D eigenvalue weighted by atomic mass is 35.5. The van der Waals surface area contributed by atoms with E-state index in [1.54, 1.807) is 54.6 Å². The maximum Gasteiger partial charge on any atom is 0.282 e. The number of benzene rings is 3. The van der Waals surface area contributed by atoms with E-state index in [1.807, 2.05) is 32.0 Å². The second kappa shape index (κ2) is 9.28. The first-order chi connectivity index (χ1) is 15.5. The largest absolute Gasteiger partial charge is 0.494 e. The molecule has 1 heterocycles. The Labute approximate surface area is 192 Å². The first kappa shape index (κ1) is 21.7. The summed E-state index contributed by atoms with van der Waals surface area (Å²) in [7, 11) is 0. The molecule has 6 heteroatoms. The highest BCUT2D eigenvalue weighted by Crippen LogP contribution is 2.34. The summed E-state index contributed by atoms with van der Waals surface area (Å²) in [4.78, 5) is 28.0. The normalized spacial score (nSPS) is 13.7. The van der Waals surface area contributed by atoms with E-state index in [0.717, 1.165) is 12.0 Å². The Balaban J connectivity index is 1.76. The molecule has 2 amide bonds. The van der Waals surface area contributed by atoms with Crippen LogP contribution in [0.25, 0.3) is 5.57 Å². The summed E-state index contributed by atoms with van der Waals surface area (Å²) >= 11 is 6.27.